The average molecular weight is 222 g/mol. The lowest BCUT2D eigenvalue weighted by molar-refractivity contribution is -0.192. The van der Waals surface area contributed by atoms with Crippen LogP contribution in [0.3, 0.4) is 0 Å². The van der Waals surface area contributed by atoms with Crippen LogP contribution in [0.2, 0.25) is 0 Å². The van der Waals surface area contributed by atoms with Gasteiger partial charge in [-0.25, -0.2) is 8.78 Å². The molecule has 0 bridgehead atoms. The lowest BCUT2D eigenvalue weighted by Gasteiger charge is -2.42. The summed E-state index contributed by atoms with van der Waals surface area (Å²) in [6, 6.07) is 0. The van der Waals surface area contributed by atoms with Crippen molar-refractivity contribution in [2.75, 3.05) is 6.61 Å². The van der Waals surface area contributed by atoms with Gasteiger partial charge in [0.05, 0.1) is 6.61 Å². The molecular formula is C9H12F2O4. The normalized spacial score (nSPS) is 29.7. The summed E-state index contributed by atoms with van der Waals surface area (Å²) >= 11 is 0. The van der Waals surface area contributed by atoms with Gasteiger partial charge in [-0.3, -0.25) is 9.59 Å². The van der Waals surface area contributed by atoms with Gasteiger partial charge in [-0.15, -0.1) is 0 Å². The molecule has 1 fully saturated rings. The standard InChI is InChI=1S/C9H12F2O4/c1-2-15-8(14)9(7(12)13)4-3-5(9)6(10)11/h5-6H,2-4H2,1H3,(H,12,13)/t5?,9-/m1/s1. The molecule has 0 saturated heterocycles. The number of esters is 1. The SMILES string of the molecule is CCOC(=O)[C@]1(C(=O)O)CCC1C(F)F. The molecular weight excluding hydrogens is 210 g/mol. The fraction of sp³-hybridized carbons (Fsp3) is 0.778. The van der Waals surface area contributed by atoms with Crippen molar-refractivity contribution in [1.82, 2.24) is 0 Å². The quantitative estimate of drug-likeness (QED) is 0.575. The van der Waals surface area contributed by atoms with Crippen LogP contribution in [0.1, 0.15) is 19.8 Å². The van der Waals surface area contributed by atoms with Crippen molar-refractivity contribution in [2.24, 2.45) is 11.3 Å². The predicted octanol–water partition coefficient (Wildman–Crippen LogP) is 1.30. The van der Waals surface area contributed by atoms with E-state index in [1.54, 1.807) is 0 Å². The van der Waals surface area contributed by atoms with Crippen LogP contribution in [-0.4, -0.2) is 30.1 Å². The minimum Gasteiger partial charge on any atom is -0.480 e. The van der Waals surface area contributed by atoms with Crippen molar-refractivity contribution in [2.45, 2.75) is 26.2 Å². The first kappa shape index (κ1) is 11.9. The van der Waals surface area contributed by atoms with Crippen LogP contribution in [0.5, 0.6) is 0 Å². The Hall–Kier alpha value is -1.20. The Morgan fingerprint density at radius 1 is 1.60 bits per heavy atom. The summed E-state index contributed by atoms with van der Waals surface area (Å²) in [6.45, 7) is 1.49. The topological polar surface area (TPSA) is 63.6 Å². The maximum Gasteiger partial charge on any atom is 0.323 e. The van der Waals surface area contributed by atoms with Crippen LogP contribution in [-0.2, 0) is 14.3 Å². The molecule has 1 unspecified atom stereocenters. The van der Waals surface area contributed by atoms with Gasteiger partial charge in [0.15, 0.2) is 5.41 Å². The summed E-state index contributed by atoms with van der Waals surface area (Å²) in [5.41, 5.74) is -2.02. The van der Waals surface area contributed by atoms with E-state index in [2.05, 4.69) is 4.74 Å². The summed E-state index contributed by atoms with van der Waals surface area (Å²) in [6.07, 6.45) is -2.84. The molecule has 1 rings (SSSR count). The van der Waals surface area contributed by atoms with Crippen LogP contribution < -0.4 is 0 Å². The number of carboxylic acids is 1. The summed E-state index contributed by atoms with van der Waals surface area (Å²) in [7, 11) is 0. The molecule has 1 aliphatic carbocycles. The number of halogens is 2. The van der Waals surface area contributed by atoms with Crippen LogP contribution >= 0.6 is 0 Å². The van der Waals surface area contributed by atoms with Crippen LogP contribution in [0.15, 0.2) is 0 Å². The Balaban J connectivity index is 2.90. The van der Waals surface area contributed by atoms with Crippen molar-refractivity contribution in [3.05, 3.63) is 0 Å². The number of carboxylic acid groups (broad SMARTS) is 1. The minimum atomic E-state index is -2.81. The van der Waals surface area contributed by atoms with Crippen molar-refractivity contribution in [3.8, 4) is 0 Å². The van der Waals surface area contributed by atoms with Gasteiger partial charge in [0.25, 0.3) is 0 Å². The maximum absolute atomic E-state index is 12.5. The second-order valence-corrected chi connectivity index (χ2v) is 3.48. The number of carbonyl (C=O) groups is 2. The average Bonchev–Trinajstić information content (AvgIpc) is 2.00. The first-order valence-corrected chi connectivity index (χ1v) is 4.65. The lowest BCUT2D eigenvalue weighted by Crippen LogP contribution is -2.56. The highest BCUT2D eigenvalue weighted by Crippen LogP contribution is 2.50. The number of carbonyl (C=O) groups excluding carboxylic acids is 1. The van der Waals surface area contributed by atoms with E-state index in [0.29, 0.717) is 0 Å². The minimum absolute atomic E-state index is 0.0101. The number of rotatable bonds is 4. The molecule has 15 heavy (non-hydrogen) atoms. The molecule has 0 heterocycles. The molecule has 86 valence electrons. The highest BCUT2D eigenvalue weighted by molar-refractivity contribution is 6.00. The van der Waals surface area contributed by atoms with Gasteiger partial charge >= 0.3 is 11.9 Å². The Labute approximate surface area is 85.2 Å². The molecule has 0 aliphatic heterocycles. The molecule has 1 aliphatic rings. The molecule has 1 saturated carbocycles. The van der Waals surface area contributed by atoms with Crippen molar-refractivity contribution in [1.29, 1.82) is 0 Å². The van der Waals surface area contributed by atoms with E-state index in [9.17, 15) is 18.4 Å². The van der Waals surface area contributed by atoms with Crippen molar-refractivity contribution >= 4 is 11.9 Å². The third kappa shape index (κ3) is 1.68. The zero-order valence-electron chi connectivity index (χ0n) is 8.20. The molecule has 0 spiro atoms. The molecule has 0 amide bonds. The van der Waals surface area contributed by atoms with Crippen LogP contribution in [0.4, 0.5) is 8.78 Å². The number of alkyl halides is 2. The Kier molecular flexibility index (Phi) is 3.26. The van der Waals surface area contributed by atoms with E-state index >= 15 is 0 Å². The number of ether oxygens (including phenoxy) is 1. The summed E-state index contributed by atoms with van der Waals surface area (Å²) in [5, 5.41) is 8.87. The molecule has 0 aromatic heterocycles. The van der Waals surface area contributed by atoms with Crippen molar-refractivity contribution < 1.29 is 28.2 Å². The zero-order chi connectivity index (χ0) is 11.6. The fourth-order valence-electron chi connectivity index (χ4n) is 1.81. The smallest absolute Gasteiger partial charge is 0.323 e. The van der Waals surface area contributed by atoms with Crippen LogP contribution in [0, 0.1) is 11.3 Å². The molecule has 6 heteroatoms. The third-order valence-electron chi connectivity index (χ3n) is 2.81. The largest absolute Gasteiger partial charge is 0.480 e. The highest BCUT2D eigenvalue weighted by Gasteiger charge is 2.63. The van der Waals surface area contributed by atoms with E-state index in [1.807, 2.05) is 0 Å². The Morgan fingerprint density at radius 2 is 2.20 bits per heavy atom. The summed E-state index contributed by atoms with van der Waals surface area (Å²) in [5.74, 6) is -3.99. The maximum atomic E-state index is 12.5. The molecule has 1 N–H and O–H groups in total. The van der Waals surface area contributed by atoms with Gasteiger partial charge < -0.3 is 9.84 Å². The van der Waals surface area contributed by atoms with E-state index in [4.69, 9.17) is 5.11 Å². The summed E-state index contributed by atoms with van der Waals surface area (Å²) in [4.78, 5) is 22.3. The molecule has 0 aromatic rings. The van der Waals surface area contributed by atoms with Crippen molar-refractivity contribution in [3.63, 3.8) is 0 Å². The second-order valence-electron chi connectivity index (χ2n) is 3.48. The first-order chi connectivity index (χ1) is 6.96. The Bertz CT molecular complexity index is 279. The number of hydrogen-bond acceptors (Lipinski definition) is 3. The first-order valence-electron chi connectivity index (χ1n) is 4.65. The molecule has 4 nitrogen and oxygen atoms in total. The third-order valence-corrected chi connectivity index (χ3v) is 2.81. The number of aliphatic carboxylic acids is 1. The molecule has 0 aromatic carbocycles. The van der Waals surface area contributed by atoms with Gasteiger partial charge in [0.2, 0.25) is 6.43 Å². The zero-order valence-corrected chi connectivity index (χ0v) is 8.20. The van der Waals surface area contributed by atoms with E-state index in [0.717, 1.165) is 0 Å². The molecule has 2 atom stereocenters. The monoisotopic (exact) mass is 222 g/mol. The number of hydrogen-bond donors (Lipinski definition) is 1. The van der Waals surface area contributed by atoms with E-state index < -0.39 is 29.7 Å². The molecule has 0 radical (unpaired) electrons. The Morgan fingerprint density at radius 3 is 2.47 bits per heavy atom. The van der Waals surface area contributed by atoms with Gasteiger partial charge in [-0.1, -0.05) is 0 Å². The second kappa shape index (κ2) is 4.12. The fourth-order valence-corrected chi connectivity index (χ4v) is 1.81. The van der Waals surface area contributed by atoms with E-state index in [-0.39, 0.29) is 19.4 Å². The summed E-state index contributed by atoms with van der Waals surface area (Å²) < 4.78 is 29.5. The predicted molar refractivity (Wildman–Crippen MR) is 45.4 cm³/mol. The highest BCUT2D eigenvalue weighted by atomic mass is 19.3. The van der Waals surface area contributed by atoms with Crippen LogP contribution in [0.25, 0.3) is 0 Å². The lowest BCUT2D eigenvalue weighted by atomic mass is 9.60. The van der Waals surface area contributed by atoms with Gasteiger partial charge in [0.1, 0.15) is 0 Å². The van der Waals surface area contributed by atoms with Gasteiger partial charge in [0, 0.05) is 5.92 Å². The van der Waals surface area contributed by atoms with Gasteiger partial charge in [-0.05, 0) is 19.8 Å². The van der Waals surface area contributed by atoms with Gasteiger partial charge in [-0.2, -0.15) is 0 Å². The van der Waals surface area contributed by atoms with E-state index in [1.165, 1.54) is 6.92 Å².